The molecular weight excluding hydrogens is 486 g/mol. The second-order valence-electron chi connectivity index (χ2n) is 8.52. The molecule has 4 heteroatoms. The Labute approximate surface area is 185 Å². The molecule has 1 N–H and O–H groups in total. The minimum Gasteiger partial charge on any atom is -0.317 e. The lowest BCUT2D eigenvalue weighted by Crippen LogP contribution is -2.35. The third-order valence-electron chi connectivity index (χ3n) is 6.79. The highest BCUT2D eigenvalue weighted by atomic mass is 79.9. The molecule has 27 heavy (non-hydrogen) atoms. The van der Waals surface area contributed by atoms with E-state index >= 15 is 0 Å². The van der Waals surface area contributed by atoms with Crippen LogP contribution in [0.5, 0.6) is 0 Å². The van der Waals surface area contributed by atoms with Gasteiger partial charge in [0.1, 0.15) is 0 Å². The lowest BCUT2D eigenvalue weighted by Gasteiger charge is -2.40. The van der Waals surface area contributed by atoms with Crippen LogP contribution in [-0.4, -0.2) is 13.1 Å². The van der Waals surface area contributed by atoms with E-state index in [1.165, 1.54) is 52.2 Å². The summed E-state index contributed by atoms with van der Waals surface area (Å²) in [6, 6.07) is 4.35. The predicted octanol–water partition coefficient (Wildman–Crippen LogP) is 7.38. The normalized spacial score (nSPS) is 29.6. The largest absolute Gasteiger partial charge is 0.317 e. The van der Waals surface area contributed by atoms with Crippen molar-refractivity contribution in [3.05, 3.63) is 55.0 Å². The lowest BCUT2D eigenvalue weighted by atomic mass is 9.67. The van der Waals surface area contributed by atoms with E-state index in [2.05, 4.69) is 68.4 Å². The second kappa shape index (κ2) is 8.73. The van der Waals surface area contributed by atoms with Crippen molar-refractivity contribution in [1.29, 1.82) is 0 Å². The Balaban J connectivity index is 1.82. The molecule has 3 aliphatic rings. The van der Waals surface area contributed by atoms with E-state index in [4.69, 9.17) is 11.6 Å². The van der Waals surface area contributed by atoms with Crippen LogP contribution in [-0.2, 0) is 6.42 Å². The first-order valence-corrected chi connectivity index (χ1v) is 12.2. The van der Waals surface area contributed by atoms with Gasteiger partial charge in [-0.2, -0.15) is 0 Å². The standard InChI is InChI=1S/C23H28Br2ClN/c1-14-2-5-20-16(11-18(24)10-14)3-4-17-12-19(26)13-21(25)23(17)22(20)15-6-8-27-9-7-15/h10-13,15-16,20,22,27H,2-9H2,1H3/t16?,20?,22-/m0/s1. The number of allylic oxidation sites excluding steroid dienone is 4. The number of hydrogen-bond donors (Lipinski definition) is 1. The Morgan fingerprint density at radius 2 is 1.81 bits per heavy atom. The Hall–Kier alpha value is -0.0900. The first-order valence-electron chi connectivity index (χ1n) is 10.3. The van der Waals surface area contributed by atoms with Crippen molar-refractivity contribution < 1.29 is 0 Å². The zero-order valence-electron chi connectivity index (χ0n) is 15.9. The maximum Gasteiger partial charge on any atom is 0.0420 e. The van der Waals surface area contributed by atoms with Gasteiger partial charge in [-0.25, -0.2) is 0 Å². The second-order valence-corrected chi connectivity index (χ2v) is 10.7. The molecule has 4 rings (SSSR count). The number of benzene rings is 1. The van der Waals surface area contributed by atoms with E-state index < -0.39 is 0 Å². The van der Waals surface area contributed by atoms with Crippen LogP contribution in [0.2, 0.25) is 5.02 Å². The average Bonchev–Trinajstić information content (AvgIpc) is 2.76. The highest BCUT2D eigenvalue weighted by Gasteiger charge is 2.39. The van der Waals surface area contributed by atoms with Gasteiger partial charge in [-0.15, -0.1) is 0 Å². The van der Waals surface area contributed by atoms with Crippen molar-refractivity contribution in [2.75, 3.05) is 13.1 Å². The van der Waals surface area contributed by atoms with Crippen LogP contribution in [0.1, 0.15) is 56.1 Å². The molecule has 1 nitrogen and oxygen atoms in total. The summed E-state index contributed by atoms with van der Waals surface area (Å²) in [4.78, 5) is 0. The topological polar surface area (TPSA) is 12.0 Å². The van der Waals surface area contributed by atoms with Gasteiger partial charge in [0.05, 0.1) is 0 Å². The zero-order valence-corrected chi connectivity index (χ0v) is 19.8. The van der Waals surface area contributed by atoms with Gasteiger partial charge in [0.25, 0.3) is 0 Å². The molecule has 1 aliphatic heterocycles. The van der Waals surface area contributed by atoms with E-state index in [-0.39, 0.29) is 0 Å². The van der Waals surface area contributed by atoms with Crippen LogP contribution in [0.25, 0.3) is 0 Å². The third-order valence-corrected chi connectivity index (χ3v) is 8.16. The average molecular weight is 514 g/mol. The molecule has 1 saturated heterocycles. The predicted molar refractivity (Wildman–Crippen MR) is 123 cm³/mol. The van der Waals surface area contributed by atoms with Gasteiger partial charge < -0.3 is 5.32 Å². The summed E-state index contributed by atoms with van der Waals surface area (Å²) in [5.74, 6) is 2.69. The quantitative estimate of drug-likeness (QED) is 0.413. The minimum atomic E-state index is 0.615. The summed E-state index contributed by atoms with van der Waals surface area (Å²) in [6.07, 6.45) is 12.2. The fourth-order valence-corrected chi connectivity index (χ4v) is 7.45. The van der Waals surface area contributed by atoms with E-state index in [0.29, 0.717) is 17.8 Å². The van der Waals surface area contributed by atoms with Gasteiger partial charge in [-0.1, -0.05) is 55.1 Å². The summed E-state index contributed by atoms with van der Waals surface area (Å²) in [5, 5.41) is 4.42. The molecule has 3 atom stereocenters. The van der Waals surface area contributed by atoms with Gasteiger partial charge >= 0.3 is 0 Å². The number of fused-ring (bicyclic) bond motifs is 2. The molecule has 1 aromatic carbocycles. The summed E-state index contributed by atoms with van der Waals surface area (Å²) in [7, 11) is 0. The van der Waals surface area contributed by atoms with Gasteiger partial charge in [-0.3, -0.25) is 0 Å². The van der Waals surface area contributed by atoms with Crippen LogP contribution >= 0.6 is 43.5 Å². The molecule has 0 spiro atoms. The molecule has 146 valence electrons. The zero-order chi connectivity index (χ0) is 19.0. The smallest absolute Gasteiger partial charge is 0.0420 e. The molecule has 0 amide bonds. The number of piperidine rings is 1. The summed E-state index contributed by atoms with van der Waals surface area (Å²) in [5.41, 5.74) is 4.52. The Kier molecular flexibility index (Phi) is 6.53. The first kappa shape index (κ1) is 20.2. The third kappa shape index (κ3) is 4.42. The number of halogens is 3. The maximum absolute atomic E-state index is 6.45. The number of aryl methyl sites for hydroxylation is 1. The highest BCUT2D eigenvalue weighted by Crippen LogP contribution is 2.51. The maximum atomic E-state index is 6.45. The monoisotopic (exact) mass is 511 g/mol. The van der Waals surface area contributed by atoms with Gasteiger partial charge in [0, 0.05) is 14.0 Å². The SMILES string of the molecule is CC1=CC(Br)=CC2CCc3cc(Cl)cc(Br)c3[C@@H](C3CCNCC3)C2CC1. The van der Waals surface area contributed by atoms with Crippen molar-refractivity contribution in [2.24, 2.45) is 17.8 Å². The van der Waals surface area contributed by atoms with E-state index in [1.54, 1.807) is 5.56 Å². The first-order chi connectivity index (χ1) is 13.0. The number of rotatable bonds is 1. The molecule has 1 aromatic rings. The van der Waals surface area contributed by atoms with Crippen LogP contribution in [0.15, 0.2) is 38.8 Å². The van der Waals surface area contributed by atoms with E-state index in [1.807, 2.05) is 0 Å². The fourth-order valence-electron chi connectivity index (χ4n) is 5.58. The highest BCUT2D eigenvalue weighted by molar-refractivity contribution is 9.12. The van der Waals surface area contributed by atoms with Crippen molar-refractivity contribution in [2.45, 2.75) is 51.4 Å². The molecular formula is C23H28Br2ClN. The fraction of sp³-hybridized carbons (Fsp3) is 0.565. The van der Waals surface area contributed by atoms with Crippen LogP contribution in [0, 0.1) is 17.8 Å². The minimum absolute atomic E-state index is 0.615. The van der Waals surface area contributed by atoms with Crippen molar-refractivity contribution in [1.82, 2.24) is 5.32 Å². The molecule has 2 unspecified atom stereocenters. The molecule has 0 radical (unpaired) electrons. The van der Waals surface area contributed by atoms with Gasteiger partial charge in [0.2, 0.25) is 0 Å². The number of nitrogens with one attached hydrogen (secondary N) is 1. The Morgan fingerprint density at radius 1 is 1.04 bits per heavy atom. The summed E-state index contributed by atoms with van der Waals surface area (Å²) < 4.78 is 2.49. The summed E-state index contributed by atoms with van der Waals surface area (Å²) in [6.45, 7) is 4.57. The van der Waals surface area contributed by atoms with Crippen LogP contribution in [0.3, 0.4) is 0 Å². The van der Waals surface area contributed by atoms with Crippen molar-refractivity contribution in [3.8, 4) is 0 Å². The molecule has 0 bridgehead atoms. The molecule has 1 heterocycles. The molecule has 1 fully saturated rings. The Bertz CT molecular complexity index is 764. The van der Waals surface area contributed by atoms with Crippen LogP contribution < -0.4 is 5.32 Å². The lowest BCUT2D eigenvalue weighted by molar-refractivity contribution is 0.204. The Morgan fingerprint density at radius 3 is 2.59 bits per heavy atom. The van der Waals surface area contributed by atoms with E-state index in [0.717, 1.165) is 30.5 Å². The van der Waals surface area contributed by atoms with Gasteiger partial charge in [0.15, 0.2) is 0 Å². The van der Waals surface area contributed by atoms with Crippen molar-refractivity contribution in [3.63, 3.8) is 0 Å². The van der Waals surface area contributed by atoms with Crippen molar-refractivity contribution >= 4 is 43.5 Å². The van der Waals surface area contributed by atoms with Gasteiger partial charge in [-0.05, 0) is 112 Å². The molecule has 0 saturated carbocycles. The van der Waals surface area contributed by atoms with Crippen LogP contribution in [0.4, 0.5) is 0 Å². The molecule has 0 aromatic heterocycles. The number of hydrogen-bond acceptors (Lipinski definition) is 1. The van der Waals surface area contributed by atoms with E-state index in [9.17, 15) is 0 Å². The molecule has 2 aliphatic carbocycles. The summed E-state index contributed by atoms with van der Waals surface area (Å²) >= 11 is 14.2.